The summed E-state index contributed by atoms with van der Waals surface area (Å²) in [7, 11) is 0. The number of para-hydroxylation sites is 1. The largest absolute Gasteiger partial charge is 0.352 e. The Labute approximate surface area is 226 Å². The van der Waals surface area contributed by atoms with Crippen LogP contribution in [0.5, 0.6) is 0 Å². The molecule has 194 valence electrons. The molecule has 0 aliphatic rings. The minimum atomic E-state index is -0.876. The first-order valence-electron chi connectivity index (χ1n) is 12.0. The molecular weight excluding hydrogens is 513 g/mol. The Bertz CT molecular complexity index is 1250. The third-order valence-electron chi connectivity index (χ3n) is 6.16. The average molecular weight is 542 g/mol. The van der Waals surface area contributed by atoms with E-state index in [1.54, 1.807) is 36.4 Å². The fraction of sp³-hybridized carbons (Fsp3) is 0.286. The van der Waals surface area contributed by atoms with Crippen LogP contribution in [-0.4, -0.2) is 33.7 Å². The summed E-state index contributed by atoms with van der Waals surface area (Å²) in [5, 5.41) is 15.4. The van der Waals surface area contributed by atoms with E-state index in [1.807, 2.05) is 44.2 Å². The molecule has 0 radical (unpaired) electrons. The summed E-state index contributed by atoms with van der Waals surface area (Å²) in [5.74, 6) is -0.736. The van der Waals surface area contributed by atoms with E-state index in [1.165, 1.54) is 11.0 Å². The van der Waals surface area contributed by atoms with Gasteiger partial charge >= 0.3 is 0 Å². The zero-order chi connectivity index (χ0) is 26.9. The van der Waals surface area contributed by atoms with Crippen molar-refractivity contribution in [3.05, 3.63) is 110 Å². The summed E-state index contributed by atoms with van der Waals surface area (Å²) in [6.07, 6.45) is 0.734. The summed E-state index contributed by atoms with van der Waals surface area (Å²) >= 11 is 12.5. The average Bonchev–Trinajstić information content (AvgIpc) is 2.87. The Hall–Kier alpha value is -3.42. The highest BCUT2D eigenvalue weighted by molar-refractivity contribution is 6.35. The van der Waals surface area contributed by atoms with E-state index in [0.29, 0.717) is 15.6 Å². The molecule has 3 rings (SSSR count). The van der Waals surface area contributed by atoms with Crippen LogP contribution >= 0.6 is 23.2 Å². The van der Waals surface area contributed by atoms with Crippen LogP contribution in [0.3, 0.4) is 0 Å². The molecule has 0 unspecified atom stereocenters. The van der Waals surface area contributed by atoms with Gasteiger partial charge in [0.15, 0.2) is 0 Å². The molecule has 3 aromatic rings. The molecule has 0 aromatic heterocycles. The van der Waals surface area contributed by atoms with E-state index in [2.05, 4.69) is 5.32 Å². The van der Waals surface area contributed by atoms with Crippen molar-refractivity contribution in [2.75, 3.05) is 0 Å². The maximum absolute atomic E-state index is 13.8. The molecule has 0 fully saturated rings. The van der Waals surface area contributed by atoms with E-state index < -0.39 is 16.9 Å². The van der Waals surface area contributed by atoms with Crippen LogP contribution in [0.1, 0.15) is 37.0 Å². The fourth-order valence-corrected chi connectivity index (χ4v) is 4.40. The molecule has 0 saturated carbocycles. The van der Waals surface area contributed by atoms with Crippen molar-refractivity contribution < 1.29 is 14.5 Å². The van der Waals surface area contributed by atoms with Gasteiger partial charge in [-0.05, 0) is 36.6 Å². The number of amides is 2. The van der Waals surface area contributed by atoms with Crippen molar-refractivity contribution in [1.82, 2.24) is 10.2 Å². The van der Waals surface area contributed by atoms with Gasteiger partial charge in [-0.3, -0.25) is 19.7 Å². The second kappa shape index (κ2) is 13.2. The number of rotatable bonds is 11. The summed E-state index contributed by atoms with van der Waals surface area (Å²) < 4.78 is 0. The Morgan fingerprint density at radius 3 is 2.32 bits per heavy atom. The number of carbonyl (C=O) groups is 2. The van der Waals surface area contributed by atoms with Crippen molar-refractivity contribution in [1.29, 1.82) is 0 Å². The minimum absolute atomic E-state index is 0.0287. The molecule has 2 atom stereocenters. The fourth-order valence-electron chi connectivity index (χ4n) is 3.93. The van der Waals surface area contributed by atoms with Gasteiger partial charge in [0.25, 0.3) is 5.69 Å². The van der Waals surface area contributed by atoms with Crippen LogP contribution in [0.25, 0.3) is 0 Å². The first kappa shape index (κ1) is 28.2. The summed E-state index contributed by atoms with van der Waals surface area (Å²) in [6, 6.07) is 19.5. The van der Waals surface area contributed by atoms with Crippen molar-refractivity contribution in [3.8, 4) is 0 Å². The first-order chi connectivity index (χ1) is 17.7. The zero-order valence-corrected chi connectivity index (χ0v) is 22.2. The number of carbonyl (C=O) groups excluding carboxylic acids is 2. The molecule has 7 nitrogen and oxygen atoms in total. The predicted molar refractivity (Wildman–Crippen MR) is 146 cm³/mol. The Kier molecular flexibility index (Phi) is 10.1. The van der Waals surface area contributed by atoms with Crippen LogP contribution < -0.4 is 5.32 Å². The Balaban J connectivity index is 2.05. The maximum Gasteiger partial charge on any atom is 0.273 e. The normalized spacial score (nSPS) is 12.4. The lowest BCUT2D eigenvalue weighted by molar-refractivity contribution is -0.385. The standard InChI is InChI=1S/C28H29Cl2N3O4/c1-3-19(2)31-28(35)26(15-20-9-5-4-6-10-20)32(18-22-13-14-23(29)17-24(22)30)27(34)16-21-11-7-8-12-25(21)33(36)37/h4-14,17,19,26H,3,15-16,18H2,1-2H3,(H,31,35)/t19-,26-/m0/s1. The number of benzene rings is 3. The van der Waals surface area contributed by atoms with Gasteiger partial charge in [-0.1, -0.05) is 84.7 Å². The van der Waals surface area contributed by atoms with Crippen molar-refractivity contribution in [2.45, 2.75) is 51.7 Å². The van der Waals surface area contributed by atoms with E-state index >= 15 is 0 Å². The van der Waals surface area contributed by atoms with Crippen LogP contribution in [0, 0.1) is 10.1 Å². The van der Waals surface area contributed by atoms with E-state index in [-0.39, 0.29) is 42.6 Å². The molecule has 2 amide bonds. The van der Waals surface area contributed by atoms with Crippen molar-refractivity contribution in [3.63, 3.8) is 0 Å². The number of halogens is 2. The van der Waals surface area contributed by atoms with Gasteiger partial charge < -0.3 is 10.2 Å². The van der Waals surface area contributed by atoms with Gasteiger partial charge in [0.05, 0.1) is 11.3 Å². The maximum atomic E-state index is 13.8. The lowest BCUT2D eigenvalue weighted by atomic mass is 10.0. The van der Waals surface area contributed by atoms with Crippen molar-refractivity contribution >= 4 is 40.7 Å². The highest BCUT2D eigenvalue weighted by Gasteiger charge is 2.32. The lowest BCUT2D eigenvalue weighted by Gasteiger charge is -2.32. The molecular formula is C28H29Cl2N3O4. The number of nitro groups is 1. The second-order valence-corrected chi connectivity index (χ2v) is 9.69. The zero-order valence-electron chi connectivity index (χ0n) is 20.7. The smallest absolute Gasteiger partial charge is 0.273 e. The summed E-state index contributed by atoms with van der Waals surface area (Å²) in [6.45, 7) is 3.88. The quantitative estimate of drug-likeness (QED) is 0.238. The monoisotopic (exact) mass is 541 g/mol. The van der Waals surface area contributed by atoms with Crippen molar-refractivity contribution in [2.24, 2.45) is 0 Å². The highest BCUT2D eigenvalue weighted by atomic mass is 35.5. The van der Waals surface area contributed by atoms with Gasteiger partial charge in [-0.2, -0.15) is 0 Å². The predicted octanol–water partition coefficient (Wildman–Crippen LogP) is 6.00. The summed E-state index contributed by atoms with van der Waals surface area (Å²) in [5.41, 5.74) is 1.60. The Morgan fingerprint density at radius 2 is 1.68 bits per heavy atom. The third-order valence-corrected chi connectivity index (χ3v) is 6.74. The van der Waals surface area contributed by atoms with Gasteiger partial charge in [-0.15, -0.1) is 0 Å². The molecule has 0 aliphatic carbocycles. The Morgan fingerprint density at radius 1 is 1.00 bits per heavy atom. The number of nitro benzene ring substituents is 1. The SMILES string of the molecule is CC[C@H](C)NC(=O)[C@H](Cc1ccccc1)N(Cc1ccc(Cl)cc1Cl)C(=O)Cc1ccccc1[N+](=O)[O-]. The molecule has 37 heavy (non-hydrogen) atoms. The van der Waals surface area contributed by atoms with Crippen LogP contribution in [0.15, 0.2) is 72.8 Å². The van der Waals surface area contributed by atoms with Crippen LogP contribution in [-0.2, 0) is 29.0 Å². The minimum Gasteiger partial charge on any atom is -0.352 e. The van der Waals surface area contributed by atoms with E-state index in [0.717, 1.165) is 12.0 Å². The topological polar surface area (TPSA) is 92.6 Å². The molecule has 0 saturated heterocycles. The van der Waals surface area contributed by atoms with E-state index in [9.17, 15) is 19.7 Å². The molecule has 1 N–H and O–H groups in total. The number of nitrogens with zero attached hydrogens (tertiary/aromatic N) is 2. The second-order valence-electron chi connectivity index (χ2n) is 8.84. The van der Waals surface area contributed by atoms with Gasteiger partial charge in [0, 0.05) is 40.7 Å². The number of hydrogen-bond donors (Lipinski definition) is 1. The number of nitrogens with one attached hydrogen (secondary N) is 1. The third kappa shape index (κ3) is 7.78. The van der Waals surface area contributed by atoms with Gasteiger partial charge in [0.1, 0.15) is 6.04 Å². The summed E-state index contributed by atoms with van der Waals surface area (Å²) in [4.78, 5) is 39.9. The first-order valence-corrected chi connectivity index (χ1v) is 12.7. The van der Waals surface area contributed by atoms with Crippen LogP contribution in [0.4, 0.5) is 5.69 Å². The van der Waals surface area contributed by atoms with Crippen LogP contribution in [0.2, 0.25) is 10.0 Å². The molecule has 0 aliphatic heterocycles. The molecule has 9 heteroatoms. The number of hydrogen-bond acceptors (Lipinski definition) is 4. The van der Waals surface area contributed by atoms with Gasteiger partial charge in [0.2, 0.25) is 11.8 Å². The van der Waals surface area contributed by atoms with Gasteiger partial charge in [-0.25, -0.2) is 0 Å². The highest BCUT2D eigenvalue weighted by Crippen LogP contribution is 2.26. The molecule has 0 bridgehead atoms. The molecule has 0 heterocycles. The molecule has 3 aromatic carbocycles. The van der Waals surface area contributed by atoms with E-state index in [4.69, 9.17) is 23.2 Å². The lowest BCUT2D eigenvalue weighted by Crippen LogP contribution is -2.52. The molecule has 0 spiro atoms.